The van der Waals surface area contributed by atoms with Crippen LogP contribution in [0.4, 0.5) is 0 Å². The van der Waals surface area contributed by atoms with E-state index in [2.05, 4.69) is 211 Å². The van der Waals surface area contributed by atoms with Gasteiger partial charge >= 0.3 is 11.9 Å². The highest BCUT2D eigenvalue weighted by Gasteiger charge is 2.71. The second-order valence-corrected chi connectivity index (χ2v) is 50.8. The van der Waals surface area contributed by atoms with E-state index in [1.165, 1.54) is 0 Å². The molecule has 0 spiro atoms. The smallest absolute Gasteiger partial charge is 0.331 e. The van der Waals surface area contributed by atoms with E-state index in [1.54, 1.807) is 0 Å². The lowest BCUT2D eigenvalue weighted by atomic mass is 9.43. The summed E-state index contributed by atoms with van der Waals surface area (Å²) in [6.45, 7) is 45.3. The zero-order valence-electron chi connectivity index (χ0n) is 65.4. The van der Waals surface area contributed by atoms with Crippen molar-refractivity contribution in [1.29, 1.82) is 0 Å². The summed E-state index contributed by atoms with van der Waals surface area (Å²) in [5.74, 6) is 0.116. The molecule has 0 amide bonds. The molecular formula is C86H134O11Si4. The van der Waals surface area contributed by atoms with Crippen molar-refractivity contribution in [3.05, 3.63) is 121 Å². The van der Waals surface area contributed by atoms with Crippen molar-refractivity contribution in [2.45, 2.75) is 281 Å². The van der Waals surface area contributed by atoms with Gasteiger partial charge < -0.3 is 32.3 Å². The van der Waals surface area contributed by atoms with E-state index in [0.717, 1.165) is 96.7 Å². The number of aliphatic hydroxyl groups is 1. The van der Waals surface area contributed by atoms with E-state index in [-0.39, 0.29) is 106 Å². The van der Waals surface area contributed by atoms with Crippen molar-refractivity contribution in [2.24, 2.45) is 68.0 Å². The lowest BCUT2D eigenvalue weighted by molar-refractivity contribution is -0.215. The highest BCUT2D eigenvalue weighted by molar-refractivity contribution is 7.00. The number of Topliss-reactive ketones (excluding diaryl/α,β-unsaturated/α-hetero) is 2. The van der Waals surface area contributed by atoms with Crippen LogP contribution in [0.3, 0.4) is 0 Å². The average Bonchev–Trinajstić information content (AvgIpc) is 1.65. The maximum absolute atomic E-state index is 14.7. The number of carbonyl (C=O) groups excluding carboxylic acids is 4. The highest BCUT2D eigenvalue weighted by Crippen LogP contribution is 2.71. The van der Waals surface area contributed by atoms with E-state index in [9.17, 15) is 24.3 Å². The number of rotatable bonds is 23. The summed E-state index contributed by atoms with van der Waals surface area (Å²) < 4.78 is 42.4. The van der Waals surface area contributed by atoms with Crippen molar-refractivity contribution < 1.29 is 51.5 Å². The van der Waals surface area contributed by atoms with Crippen LogP contribution in [0.15, 0.2) is 121 Å². The third kappa shape index (κ3) is 14.5. The first-order chi connectivity index (χ1) is 47.2. The lowest BCUT2D eigenvalue weighted by Crippen LogP contribution is -2.67. The number of aliphatic hydroxyl groups excluding tert-OH is 1. The number of carbonyl (C=O) groups is 4. The molecule has 560 valence electrons. The van der Waals surface area contributed by atoms with Crippen LogP contribution in [0, 0.1) is 68.0 Å². The van der Waals surface area contributed by atoms with Crippen molar-refractivity contribution in [2.75, 3.05) is 19.8 Å². The van der Waals surface area contributed by atoms with Gasteiger partial charge in [-0.2, -0.15) is 0 Å². The Morgan fingerprint density at radius 2 is 0.851 bits per heavy atom. The number of benzene rings is 4. The SMILES string of the molecule is C.CCC1(CC)C[C@@H](OC(=O)CO[Si](c2ccccc2)(c2ccccc2)C(C)(C)C)[C@@]2(C)C3C(=O)CC[C@@]3(CC[C@H]2C)[C@@H](C)[C@@H]1O.CC[C@]1(CO[Si](CC)(CC)CC)C[C@@H](OC(=O)CO[Si](c2ccccc2)(c2ccccc2)C(C)(C)C)[C@@]2(C)C3C(=O)CC[C@@]3(CC[C@H]2C)[C@@H](C)[C@@H]1O[SiH](C)C. The fourth-order valence-corrected chi connectivity index (χ4v) is 34.9. The molecule has 15 atom stereocenters. The van der Waals surface area contributed by atoms with Gasteiger partial charge in [-0.25, -0.2) is 9.59 Å². The minimum atomic E-state index is -2.99. The minimum absolute atomic E-state index is 0. The van der Waals surface area contributed by atoms with Gasteiger partial charge in [0.05, 0.1) is 12.2 Å². The molecule has 6 aliphatic rings. The van der Waals surface area contributed by atoms with Gasteiger partial charge in [-0.15, -0.1) is 0 Å². The van der Waals surface area contributed by atoms with Crippen molar-refractivity contribution in [1.82, 2.24) is 0 Å². The topological polar surface area (TPSA) is 144 Å². The molecule has 6 aliphatic carbocycles. The molecule has 15 heteroatoms. The van der Waals surface area contributed by atoms with Crippen LogP contribution in [0.5, 0.6) is 0 Å². The third-order valence-electron chi connectivity index (χ3n) is 28.8. The van der Waals surface area contributed by atoms with E-state index in [0.29, 0.717) is 38.1 Å². The first-order valence-electron chi connectivity index (χ1n) is 39.1. The zero-order valence-corrected chi connectivity index (χ0v) is 69.5. The van der Waals surface area contributed by atoms with Crippen molar-refractivity contribution >= 4 is 78.2 Å². The molecular weight excluding hydrogens is 1320 g/mol. The number of ether oxygens (including phenoxy) is 2. The molecule has 0 saturated heterocycles. The Hall–Kier alpha value is -4.17. The fraction of sp³-hybridized carbons (Fsp3) is 0.674. The average molecular weight is 1460 g/mol. The quantitative estimate of drug-likeness (QED) is 0.0560. The Kier molecular flexibility index (Phi) is 26.2. The van der Waals surface area contributed by atoms with Gasteiger partial charge in [-0.05, 0) is 173 Å². The molecule has 2 unspecified atom stereocenters. The molecule has 1 N–H and O–H groups in total. The number of hydrogen-bond donors (Lipinski definition) is 1. The first kappa shape index (κ1) is 82.5. The summed E-state index contributed by atoms with van der Waals surface area (Å²) in [7, 11) is -9.45. The molecule has 0 heterocycles. The third-order valence-corrected chi connectivity index (χ3v) is 44.2. The Bertz CT molecular complexity index is 3300. The number of esters is 2. The summed E-state index contributed by atoms with van der Waals surface area (Å²) in [6.07, 6.45) is 8.77. The van der Waals surface area contributed by atoms with Gasteiger partial charge in [0.2, 0.25) is 0 Å². The monoisotopic (exact) mass is 1450 g/mol. The van der Waals surface area contributed by atoms with E-state index >= 15 is 0 Å². The second kappa shape index (κ2) is 32.1. The van der Waals surface area contributed by atoms with E-state index in [4.69, 9.17) is 27.2 Å². The van der Waals surface area contributed by atoms with Gasteiger partial charge in [0.1, 0.15) is 37.0 Å². The van der Waals surface area contributed by atoms with Gasteiger partial charge in [0.15, 0.2) is 17.4 Å². The Morgan fingerprint density at radius 1 is 0.515 bits per heavy atom. The Balaban J connectivity index is 0.000000259. The number of hydrogen-bond acceptors (Lipinski definition) is 11. The second-order valence-electron chi connectivity index (χ2n) is 35.1. The van der Waals surface area contributed by atoms with Gasteiger partial charge in [0, 0.05) is 47.5 Å². The maximum atomic E-state index is 14.7. The highest BCUT2D eigenvalue weighted by atomic mass is 28.4. The predicted molar refractivity (Wildman–Crippen MR) is 423 cm³/mol. The van der Waals surface area contributed by atoms with Crippen LogP contribution >= 0.6 is 0 Å². The zero-order chi connectivity index (χ0) is 73.3. The molecule has 6 saturated carbocycles. The molecule has 11 nitrogen and oxygen atoms in total. The number of ketones is 2. The van der Waals surface area contributed by atoms with Crippen LogP contribution in [0.1, 0.15) is 216 Å². The van der Waals surface area contributed by atoms with Gasteiger partial charge in [-0.1, -0.05) is 253 Å². The minimum Gasteiger partial charge on any atom is -0.460 e. The summed E-state index contributed by atoms with van der Waals surface area (Å²) in [5, 5.41) is 16.1. The van der Waals surface area contributed by atoms with Gasteiger partial charge in [0.25, 0.3) is 16.6 Å². The normalized spacial score (nSPS) is 31.9. The molecule has 101 heavy (non-hydrogen) atoms. The summed E-state index contributed by atoms with van der Waals surface area (Å²) in [5.41, 5.74) is -2.27. The van der Waals surface area contributed by atoms with Crippen molar-refractivity contribution in [3.8, 4) is 0 Å². The standard InChI is InChI=1S/C46H74O6Si3.C39H56O5Si.CH4/c1-13-45(33-50-54(14-2,15-3)16-4)31-39(44(10)34(5)27-29-46(30-28-38(47)41(44)46)35(6)42(45)52-53(11)12)51-40(48)32-49-55(43(7,8)9,36-23-19-17-20-24-36)37-25-21-18-22-26-37;1-9-38(10-2)25-32(37(8)27(3)21-23-39(28(4)35(38)42)24-22-31(40)34(37)39)44-33(41)26-43-45(36(5,6)7,29-17-13-11-14-18-29)30-19-15-12-16-20-30;/h17-26,34-35,39,41-42,53H,13-16,27-33H2,1-12H3;11-20,27-28,32,34-35,42H,9-10,21-26H2,1-8H3;1H4/t34-,35+,39-,41?,42+,44+,45-,46+;27-,28+,32-,34?,35+,37+,39+;/m11./s1. The van der Waals surface area contributed by atoms with Crippen molar-refractivity contribution in [3.63, 3.8) is 0 Å². The molecule has 10 rings (SSSR count). The molecule has 0 aliphatic heterocycles. The molecule has 4 aromatic carbocycles. The first-order valence-corrected chi connectivity index (χ1v) is 48.2. The van der Waals surface area contributed by atoms with E-state index in [1.807, 2.05) is 48.5 Å². The molecule has 6 fully saturated rings. The molecule has 4 bridgehead atoms. The summed E-state index contributed by atoms with van der Waals surface area (Å²) in [4.78, 5) is 57.2. The van der Waals surface area contributed by atoms with Crippen LogP contribution in [-0.4, -0.2) is 107 Å². The van der Waals surface area contributed by atoms with Crippen LogP contribution in [0.2, 0.25) is 41.3 Å². The lowest BCUT2D eigenvalue weighted by Gasteiger charge is -2.63. The molecule has 0 aromatic heterocycles. The molecule has 4 aromatic rings. The largest absolute Gasteiger partial charge is 0.460 e. The predicted octanol–water partition coefficient (Wildman–Crippen LogP) is 17.4. The summed E-state index contributed by atoms with van der Waals surface area (Å²) in [6, 6.07) is 44.9. The van der Waals surface area contributed by atoms with Crippen LogP contribution in [-0.2, 0) is 46.4 Å². The van der Waals surface area contributed by atoms with Crippen LogP contribution in [0.25, 0.3) is 0 Å². The maximum Gasteiger partial charge on any atom is 0.331 e. The molecule has 0 radical (unpaired) electrons. The van der Waals surface area contributed by atoms with Crippen LogP contribution < -0.4 is 20.7 Å². The summed E-state index contributed by atoms with van der Waals surface area (Å²) >= 11 is 0. The Morgan fingerprint density at radius 3 is 1.17 bits per heavy atom. The van der Waals surface area contributed by atoms with E-state index < -0.39 is 68.5 Å². The fourth-order valence-electron chi connectivity index (χ4n) is 22.1. The van der Waals surface area contributed by atoms with Gasteiger partial charge in [-0.3, -0.25) is 9.59 Å². The Labute approximate surface area is 616 Å².